The van der Waals surface area contributed by atoms with Crippen molar-refractivity contribution >= 4 is 10.9 Å². The average Bonchev–Trinajstić information content (AvgIpc) is 2.48. The van der Waals surface area contributed by atoms with E-state index >= 15 is 0 Å². The zero-order chi connectivity index (χ0) is 18.8. The predicted octanol–water partition coefficient (Wildman–Crippen LogP) is 3.57. The maximum absolute atomic E-state index is 13.2. The van der Waals surface area contributed by atoms with Crippen molar-refractivity contribution in [1.82, 2.24) is 4.57 Å². The lowest BCUT2D eigenvalue weighted by Crippen LogP contribution is -2.54. The molecule has 2 aromatic rings. The molecule has 9 heteroatoms. The Labute approximate surface area is 137 Å². The fourth-order valence-corrected chi connectivity index (χ4v) is 3.30. The second-order valence-corrected chi connectivity index (χ2v) is 6.16. The molecule has 1 N–H and O–H groups in total. The number of hydrogen-bond acceptors (Lipinski definition) is 2. The smallest absolute Gasteiger partial charge is 0.369 e. The minimum Gasteiger partial charge on any atom is -0.369 e. The summed E-state index contributed by atoms with van der Waals surface area (Å²) in [6.45, 7) is 1.77. The van der Waals surface area contributed by atoms with Gasteiger partial charge in [0.2, 0.25) is 0 Å². The van der Waals surface area contributed by atoms with E-state index in [1.807, 2.05) is 0 Å². The number of aliphatic hydroxyl groups is 1. The maximum atomic E-state index is 13.2. The largest absolute Gasteiger partial charge is 0.430 e. The van der Waals surface area contributed by atoms with Crippen LogP contribution < -0.4 is 5.56 Å². The van der Waals surface area contributed by atoms with Crippen LogP contribution in [-0.4, -0.2) is 22.0 Å². The molecule has 136 valence electrons. The minimum atomic E-state index is -5.94. The summed E-state index contributed by atoms with van der Waals surface area (Å²) in [6.07, 6.45) is -11.3. The molecule has 1 aromatic heterocycles. The fourth-order valence-electron chi connectivity index (χ4n) is 3.30. The molecule has 0 bridgehead atoms. The molecule has 0 spiro atoms. The number of pyridine rings is 1. The van der Waals surface area contributed by atoms with Crippen molar-refractivity contribution in [3.63, 3.8) is 0 Å². The summed E-state index contributed by atoms with van der Waals surface area (Å²) in [5.41, 5.74) is -5.85. The molecule has 0 atom stereocenters. The molecule has 25 heavy (non-hydrogen) atoms. The Kier molecular flexibility index (Phi) is 3.72. The third-order valence-corrected chi connectivity index (χ3v) is 4.56. The van der Waals surface area contributed by atoms with Gasteiger partial charge < -0.3 is 9.67 Å². The fraction of sp³-hybridized carbons (Fsp3) is 0.438. The van der Waals surface area contributed by atoms with Crippen molar-refractivity contribution in [1.29, 1.82) is 0 Å². The lowest BCUT2D eigenvalue weighted by Gasteiger charge is -2.34. The zero-order valence-corrected chi connectivity index (χ0v) is 12.9. The Hall–Kier alpha value is -2.03. The molecule has 0 amide bonds. The predicted molar refractivity (Wildman–Crippen MR) is 77.3 cm³/mol. The lowest BCUT2D eigenvalue weighted by atomic mass is 9.87. The van der Waals surface area contributed by atoms with Gasteiger partial charge in [-0.1, -0.05) is 6.07 Å². The monoisotopic (exact) mass is 365 g/mol. The molecular formula is C16H13F6NO2. The van der Waals surface area contributed by atoms with Crippen molar-refractivity contribution < 1.29 is 31.4 Å². The number of halogens is 6. The van der Waals surface area contributed by atoms with E-state index in [4.69, 9.17) is 0 Å². The number of aryl methyl sites for hydroxylation is 3. The minimum absolute atomic E-state index is 0.0960. The van der Waals surface area contributed by atoms with Gasteiger partial charge in [-0.05, 0) is 37.0 Å². The first-order valence-electron chi connectivity index (χ1n) is 7.41. The van der Waals surface area contributed by atoms with Crippen molar-refractivity contribution in [2.75, 3.05) is 0 Å². The number of aromatic nitrogens is 1. The van der Waals surface area contributed by atoms with Crippen molar-refractivity contribution in [2.24, 2.45) is 0 Å². The van der Waals surface area contributed by atoms with Crippen LogP contribution >= 0.6 is 0 Å². The molecule has 2 heterocycles. The van der Waals surface area contributed by atoms with E-state index in [0.29, 0.717) is 30.6 Å². The third kappa shape index (κ3) is 2.44. The van der Waals surface area contributed by atoms with Gasteiger partial charge in [-0.25, -0.2) is 0 Å². The van der Waals surface area contributed by atoms with Crippen molar-refractivity contribution in [3.05, 3.63) is 45.2 Å². The number of alkyl halides is 6. The van der Waals surface area contributed by atoms with Crippen molar-refractivity contribution in [3.8, 4) is 0 Å². The van der Waals surface area contributed by atoms with Gasteiger partial charge in [0.05, 0.1) is 5.52 Å². The Balaban J connectivity index is 2.42. The maximum Gasteiger partial charge on any atom is 0.430 e. The molecule has 0 saturated heterocycles. The van der Waals surface area contributed by atoms with E-state index in [1.165, 1.54) is 17.6 Å². The number of nitrogens with zero attached hydrogens (tertiary/aromatic N) is 1. The van der Waals surface area contributed by atoms with E-state index in [2.05, 4.69) is 0 Å². The highest BCUT2D eigenvalue weighted by Crippen LogP contribution is 2.51. The quantitative estimate of drug-likeness (QED) is 0.786. The normalized spacial score (nSPS) is 15.7. The van der Waals surface area contributed by atoms with E-state index in [0.717, 1.165) is 0 Å². The number of rotatable bonds is 1. The first kappa shape index (κ1) is 17.8. The SMILES string of the molecule is Cc1cc(=O)n2c3c(cc(C(O)(C(F)(F)F)C(F)(F)F)cc13)CCC2. The van der Waals surface area contributed by atoms with Crippen molar-refractivity contribution in [2.45, 2.75) is 44.3 Å². The molecule has 0 unspecified atom stereocenters. The van der Waals surface area contributed by atoms with Crippen LogP contribution in [0.2, 0.25) is 0 Å². The van der Waals surface area contributed by atoms with E-state index in [-0.39, 0.29) is 28.5 Å². The van der Waals surface area contributed by atoms with Gasteiger partial charge in [-0.15, -0.1) is 0 Å². The molecule has 0 saturated carbocycles. The van der Waals surface area contributed by atoms with Gasteiger partial charge in [0, 0.05) is 23.6 Å². The van der Waals surface area contributed by atoms with Crippen LogP contribution in [0.3, 0.4) is 0 Å². The molecule has 0 fully saturated rings. The summed E-state index contributed by atoms with van der Waals surface area (Å²) >= 11 is 0. The summed E-state index contributed by atoms with van der Waals surface area (Å²) in [4.78, 5) is 12.0. The first-order chi connectivity index (χ1) is 11.4. The summed E-state index contributed by atoms with van der Waals surface area (Å²) in [6, 6.07) is 2.55. The lowest BCUT2D eigenvalue weighted by molar-refractivity contribution is -0.376. The summed E-state index contributed by atoms with van der Waals surface area (Å²) in [5.74, 6) is 0. The highest BCUT2D eigenvalue weighted by atomic mass is 19.4. The van der Waals surface area contributed by atoms with Gasteiger partial charge in [-0.2, -0.15) is 26.3 Å². The topological polar surface area (TPSA) is 42.2 Å². The van der Waals surface area contributed by atoms with Crippen LogP contribution in [0, 0.1) is 6.92 Å². The summed E-state index contributed by atoms with van der Waals surface area (Å²) in [5, 5.41) is 9.75. The molecule has 0 radical (unpaired) electrons. The molecule has 1 aliphatic heterocycles. The van der Waals surface area contributed by atoms with Crippen LogP contribution in [-0.2, 0) is 18.6 Å². The highest BCUT2D eigenvalue weighted by Gasteiger charge is 2.71. The Morgan fingerprint density at radius 1 is 1.04 bits per heavy atom. The molecule has 3 nitrogen and oxygen atoms in total. The average molecular weight is 365 g/mol. The zero-order valence-electron chi connectivity index (χ0n) is 12.9. The van der Waals surface area contributed by atoms with E-state index in [1.54, 1.807) is 0 Å². The van der Waals surface area contributed by atoms with Crippen LogP contribution in [0.4, 0.5) is 26.3 Å². The van der Waals surface area contributed by atoms with E-state index in [9.17, 15) is 36.2 Å². The number of hydrogen-bond donors (Lipinski definition) is 1. The standard InChI is InChI=1S/C16H13F6NO2/c1-8-5-12(24)23-4-2-3-9-6-10(7-11(8)13(9)23)14(25,15(17,18)19)16(20,21)22/h5-7,25H,2-4H2,1H3. The highest BCUT2D eigenvalue weighted by molar-refractivity contribution is 5.87. The molecular weight excluding hydrogens is 352 g/mol. The Morgan fingerprint density at radius 3 is 2.20 bits per heavy atom. The van der Waals surface area contributed by atoms with Crippen LogP contribution in [0.1, 0.15) is 23.1 Å². The second-order valence-electron chi connectivity index (χ2n) is 6.16. The summed E-state index contributed by atoms with van der Waals surface area (Å²) in [7, 11) is 0. The molecule has 1 aromatic carbocycles. The molecule has 1 aliphatic rings. The first-order valence-corrected chi connectivity index (χ1v) is 7.41. The van der Waals surface area contributed by atoms with Crippen LogP contribution in [0.15, 0.2) is 23.0 Å². The van der Waals surface area contributed by atoms with Gasteiger partial charge in [0.1, 0.15) is 0 Å². The van der Waals surface area contributed by atoms with Crippen LogP contribution in [0.25, 0.3) is 10.9 Å². The van der Waals surface area contributed by atoms with Gasteiger partial charge in [0.15, 0.2) is 0 Å². The van der Waals surface area contributed by atoms with Gasteiger partial charge in [-0.3, -0.25) is 4.79 Å². The molecule has 3 rings (SSSR count). The van der Waals surface area contributed by atoms with Gasteiger partial charge in [0.25, 0.3) is 11.2 Å². The van der Waals surface area contributed by atoms with Gasteiger partial charge >= 0.3 is 12.4 Å². The number of benzene rings is 1. The molecule has 0 aliphatic carbocycles. The Bertz CT molecular complexity index is 896. The van der Waals surface area contributed by atoms with E-state index < -0.39 is 23.5 Å². The van der Waals surface area contributed by atoms with Crippen LogP contribution in [0.5, 0.6) is 0 Å². The third-order valence-electron chi connectivity index (χ3n) is 4.56. The summed E-state index contributed by atoms with van der Waals surface area (Å²) < 4.78 is 80.3. The second kappa shape index (κ2) is 5.23. The Morgan fingerprint density at radius 2 is 1.64 bits per heavy atom.